The van der Waals surface area contributed by atoms with Crippen LogP contribution < -0.4 is 5.84 Å². The first-order valence-corrected chi connectivity index (χ1v) is 3.64. The summed E-state index contributed by atoms with van der Waals surface area (Å²) < 4.78 is 0. The molecule has 2 aromatic rings. The normalized spacial score (nSPS) is 10.5. The Morgan fingerprint density at radius 1 is 1.54 bits per heavy atom. The number of aromatic nitrogens is 2. The number of nitrogens with two attached hydrogens (primary N) is 1. The number of fused-ring (bicyclic) bond motifs is 1. The van der Waals surface area contributed by atoms with Gasteiger partial charge < -0.3 is 10.9 Å². The molecule has 13 heavy (non-hydrogen) atoms. The molecule has 0 spiro atoms. The van der Waals surface area contributed by atoms with Crippen LogP contribution in [0.5, 0.6) is 0 Å². The Hall–Kier alpha value is -2.04. The number of carbonyl (C=O) groups is 1. The van der Waals surface area contributed by atoms with Gasteiger partial charge in [0, 0.05) is 5.39 Å². The van der Waals surface area contributed by atoms with Crippen molar-refractivity contribution in [3.05, 3.63) is 30.0 Å². The summed E-state index contributed by atoms with van der Waals surface area (Å²) in [6, 6.07) is 4.66. The molecular formula is C8H7N3O2. The van der Waals surface area contributed by atoms with Crippen LogP contribution in [0.2, 0.25) is 0 Å². The van der Waals surface area contributed by atoms with Gasteiger partial charge in [0.1, 0.15) is 0 Å². The van der Waals surface area contributed by atoms with Gasteiger partial charge in [0.05, 0.1) is 17.3 Å². The van der Waals surface area contributed by atoms with Gasteiger partial charge in [-0.05, 0) is 18.2 Å². The van der Waals surface area contributed by atoms with Crippen LogP contribution in [-0.2, 0) is 0 Å². The molecule has 0 aliphatic rings. The van der Waals surface area contributed by atoms with Crippen molar-refractivity contribution >= 4 is 16.9 Å². The third-order valence-electron chi connectivity index (χ3n) is 1.77. The van der Waals surface area contributed by atoms with Crippen molar-refractivity contribution in [2.75, 3.05) is 5.84 Å². The van der Waals surface area contributed by atoms with Crippen LogP contribution in [0.15, 0.2) is 24.4 Å². The summed E-state index contributed by atoms with van der Waals surface area (Å²) in [6.45, 7) is 0. The van der Waals surface area contributed by atoms with E-state index in [0.717, 1.165) is 10.2 Å². The molecule has 0 amide bonds. The number of nitrogens with zero attached hydrogens (tertiary/aromatic N) is 2. The predicted molar refractivity (Wildman–Crippen MR) is 46.8 cm³/mol. The van der Waals surface area contributed by atoms with Crippen LogP contribution >= 0.6 is 0 Å². The highest BCUT2D eigenvalue weighted by molar-refractivity contribution is 5.93. The highest BCUT2D eigenvalue weighted by Gasteiger charge is 2.05. The Bertz CT molecular complexity index is 475. The lowest BCUT2D eigenvalue weighted by molar-refractivity contribution is 0.0697. The standard InChI is InChI=1S/C8H7N3O2/c9-11-4-6-3-5(8(12)13)1-2-7(6)10-11/h1-4H,9H2,(H,12,13). The van der Waals surface area contributed by atoms with Crippen LogP contribution in [0, 0.1) is 0 Å². The molecule has 0 aliphatic heterocycles. The van der Waals surface area contributed by atoms with Crippen LogP contribution in [0.4, 0.5) is 0 Å². The molecule has 0 unspecified atom stereocenters. The van der Waals surface area contributed by atoms with Gasteiger partial charge in [0.15, 0.2) is 0 Å². The van der Waals surface area contributed by atoms with Crippen LogP contribution in [0.25, 0.3) is 10.9 Å². The van der Waals surface area contributed by atoms with E-state index in [2.05, 4.69) is 5.10 Å². The van der Waals surface area contributed by atoms with E-state index in [1.165, 1.54) is 12.1 Å². The molecule has 3 N–H and O–H groups in total. The molecule has 0 aliphatic carbocycles. The minimum absolute atomic E-state index is 0.237. The molecule has 1 aromatic heterocycles. The molecule has 0 bridgehead atoms. The van der Waals surface area contributed by atoms with Crippen molar-refractivity contribution < 1.29 is 9.90 Å². The maximum Gasteiger partial charge on any atom is 0.335 e. The van der Waals surface area contributed by atoms with E-state index in [-0.39, 0.29) is 5.56 Å². The molecule has 0 radical (unpaired) electrons. The maximum absolute atomic E-state index is 10.6. The summed E-state index contributed by atoms with van der Waals surface area (Å²) in [5.41, 5.74) is 0.924. The molecule has 1 heterocycles. The second-order valence-corrected chi connectivity index (χ2v) is 2.69. The van der Waals surface area contributed by atoms with E-state index in [4.69, 9.17) is 10.9 Å². The van der Waals surface area contributed by atoms with Crippen LogP contribution in [-0.4, -0.2) is 21.0 Å². The second kappa shape index (κ2) is 2.48. The predicted octanol–water partition coefficient (Wildman–Crippen LogP) is 0.448. The SMILES string of the molecule is Nn1cc2cc(C(=O)O)ccc2n1. The van der Waals surface area contributed by atoms with Gasteiger partial charge in [-0.15, -0.1) is 0 Å². The number of rotatable bonds is 1. The molecule has 0 saturated heterocycles. The zero-order chi connectivity index (χ0) is 9.42. The smallest absolute Gasteiger partial charge is 0.335 e. The quantitative estimate of drug-likeness (QED) is 0.619. The van der Waals surface area contributed by atoms with E-state index in [1.807, 2.05) is 0 Å². The number of aromatic carboxylic acids is 1. The Morgan fingerprint density at radius 2 is 2.31 bits per heavy atom. The summed E-state index contributed by atoms with van der Waals surface area (Å²) in [5, 5.41) is 13.3. The summed E-state index contributed by atoms with van der Waals surface area (Å²) >= 11 is 0. The average Bonchev–Trinajstić information content (AvgIpc) is 2.42. The molecule has 2 rings (SSSR count). The number of hydrogen-bond donors (Lipinski definition) is 2. The first-order valence-electron chi connectivity index (χ1n) is 3.64. The molecular weight excluding hydrogens is 170 g/mol. The van der Waals surface area contributed by atoms with Gasteiger partial charge in [-0.3, -0.25) is 0 Å². The Labute approximate surface area is 73.4 Å². The zero-order valence-corrected chi connectivity index (χ0v) is 6.64. The van der Waals surface area contributed by atoms with Gasteiger partial charge in [-0.1, -0.05) is 0 Å². The third-order valence-corrected chi connectivity index (χ3v) is 1.77. The number of benzene rings is 1. The summed E-state index contributed by atoms with van der Waals surface area (Å²) in [7, 11) is 0. The Kier molecular flexibility index (Phi) is 1.45. The molecule has 1 aromatic carbocycles. The highest BCUT2D eigenvalue weighted by atomic mass is 16.4. The lowest BCUT2D eigenvalue weighted by Gasteiger charge is -1.91. The zero-order valence-electron chi connectivity index (χ0n) is 6.64. The first kappa shape index (κ1) is 7.60. The van der Waals surface area contributed by atoms with E-state index in [9.17, 15) is 4.79 Å². The molecule has 5 nitrogen and oxygen atoms in total. The van der Waals surface area contributed by atoms with E-state index in [1.54, 1.807) is 12.3 Å². The highest BCUT2D eigenvalue weighted by Crippen LogP contribution is 2.13. The van der Waals surface area contributed by atoms with Gasteiger partial charge >= 0.3 is 5.97 Å². The number of nitrogen functional groups attached to an aromatic ring is 1. The third kappa shape index (κ3) is 1.20. The van der Waals surface area contributed by atoms with Crippen LogP contribution in [0.3, 0.4) is 0 Å². The van der Waals surface area contributed by atoms with Gasteiger partial charge in [0.25, 0.3) is 0 Å². The summed E-state index contributed by atoms with van der Waals surface area (Å²) in [6.07, 6.45) is 1.57. The lowest BCUT2D eigenvalue weighted by Crippen LogP contribution is -2.07. The Morgan fingerprint density at radius 3 is 3.00 bits per heavy atom. The molecule has 0 atom stereocenters. The fraction of sp³-hybridized carbons (Fsp3) is 0. The fourth-order valence-electron chi connectivity index (χ4n) is 1.18. The topological polar surface area (TPSA) is 81.1 Å². The van der Waals surface area contributed by atoms with Crippen molar-refractivity contribution in [2.24, 2.45) is 0 Å². The van der Waals surface area contributed by atoms with E-state index < -0.39 is 5.97 Å². The lowest BCUT2D eigenvalue weighted by atomic mass is 10.2. The minimum atomic E-state index is -0.952. The molecule has 66 valence electrons. The van der Waals surface area contributed by atoms with E-state index >= 15 is 0 Å². The average molecular weight is 177 g/mol. The minimum Gasteiger partial charge on any atom is -0.478 e. The largest absolute Gasteiger partial charge is 0.478 e. The van der Waals surface area contributed by atoms with Crippen molar-refractivity contribution in [1.82, 2.24) is 9.89 Å². The second-order valence-electron chi connectivity index (χ2n) is 2.69. The van der Waals surface area contributed by atoms with Gasteiger partial charge in [0.2, 0.25) is 0 Å². The Balaban J connectivity index is 2.67. The summed E-state index contributed by atoms with van der Waals surface area (Å²) in [4.78, 5) is 11.8. The number of hydrogen-bond acceptors (Lipinski definition) is 3. The van der Waals surface area contributed by atoms with Gasteiger partial charge in [-0.2, -0.15) is 9.89 Å². The van der Waals surface area contributed by atoms with Crippen molar-refractivity contribution in [1.29, 1.82) is 0 Å². The van der Waals surface area contributed by atoms with Crippen molar-refractivity contribution in [3.8, 4) is 0 Å². The van der Waals surface area contributed by atoms with Crippen LogP contribution in [0.1, 0.15) is 10.4 Å². The van der Waals surface area contributed by atoms with Crippen molar-refractivity contribution in [2.45, 2.75) is 0 Å². The number of carboxylic acid groups (broad SMARTS) is 1. The van der Waals surface area contributed by atoms with E-state index in [0.29, 0.717) is 5.52 Å². The molecule has 0 saturated carbocycles. The first-order chi connectivity index (χ1) is 6.16. The summed E-state index contributed by atoms with van der Waals surface area (Å²) in [5.74, 6) is 4.42. The fourth-order valence-corrected chi connectivity index (χ4v) is 1.18. The molecule has 0 fully saturated rings. The molecule has 5 heteroatoms. The maximum atomic E-state index is 10.6. The number of carboxylic acids is 1. The monoisotopic (exact) mass is 177 g/mol. The van der Waals surface area contributed by atoms with Gasteiger partial charge in [-0.25, -0.2) is 4.79 Å². The van der Waals surface area contributed by atoms with Crippen molar-refractivity contribution in [3.63, 3.8) is 0 Å².